The predicted octanol–water partition coefficient (Wildman–Crippen LogP) is 0.756. The molecule has 0 saturated carbocycles. The van der Waals surface area contributed by atoms with Crippen molar-refractivity contribution < 1.29 is 4.57 Å². The number of imidazole rings is 1. The Morgan fingerprint density at radius 1 is 1.41 bits per heavy atom. The van der Waals surface area contributed by atoms with Crippen molar-refractivity contribution in [3.63, 3.8) is 0 Å². The fourth-order valence-electron chi connectivity index (χ4n) is 1.90. The second-order valence-corrected chi connectivity index (χ2v) is 4.74. The Labute approximate surface area is 99.1 Å². The largest absolute Gasteiger partial charge is 0.355 e. The van der Waals surface area contributed by atoms with Gasteiger partial charge in [0, 0.05) is 0 Å². The number of aromatic nitrogens is 4. The van der Waals surface area contributed by atoms with Gasteiger partial charge < -0.3 is 5.73 Å². The van der Waals surface area contributed by atoms with Gasteiger partial charge in [0.25, 0.3) is 11.5 Å². The number of rotatable bonds is 2. The Morgan fingerprint density at radius 2 is 2.06 bits per heavy atom. The molecule has 2 aromatic heterocycles. The maximum atomic E-state index is 12.0. The maximum absolute atomic E-state index is 12.0. The van der Waals surface area contributed by atoms with Crippen LogP contribution in [0.1, 0.15) is 39.8 Å². The highest BCUT2D eigenvalue weighted by atomic mass is 16.1. The quantitative estimate of drug-likeness (QED) is 0.755. The van der Waals surface area contributed by atoms with E-state index in [1.165, 1.54) is 0 Å². The third-order valence-corrected chi connectivity index (χ3v) is 2.76. The first-order valence-corrected chi connectivity index (χ1v) is 5.73. The van der Waals surface area contributed by atoms with Crippen molar-refractivity contribution in [1.29, 1.82) is 0 Å². The van der Waals surface area contributed by atoms with E-state index in [1.54, 1.807) is 0 Å². The van der Waals surface area contributed by atoms with Crippen LogP contribution in [0.15, 0.2) is 11.1 Å². The molecule has 0 aromatic carbocycles. The topological polar surface area (TPSA) is 80.6 Å². The molecule has 92 valence electrons. The van der Waals surface area contributed by atoms with Crippen molar-refractivity contribution in [3.05, 3.63) is 16.7 Å². The smallest absolute Gasteiger partial charge is 0.311 e. The summed E-state index contributed by atoms with van der Waals surface area (Å²) in [4.78, 5) is 18.7. The third kappa shape index (κ3) is 1.79. The van der Waals surface area contributed by atoms with Crippen LogP contribution in [-0.4, -0.2) is 14.5 Å². The van der Waals surface area contributed by atoms with E-state index in [1.807, 2.05) is 43.2 Å². The van der Waals surface area contributed by atoms with Gasteiger partial charge in [0.05, 0.1) is 12.1 Å². The average Bonchev–Trinajstić information content (AvgIpc) is 2.56. The lowest BCUT2D eigenvalue weighted by Crippen LogP contribution is -2.36. The zero-order chi connectivity index (χ0) is 12.7. The highest BCUT2D eigenvalue weighted by Crippen LogP contribution is 2.13. The van der Waals surface area contributed by atoms with Crippen LogP contribution in [0, 0.1) is 0 Å². The van der Waals surface area contributed by atoms with Crippen molar-refractivity contribution in [2.24, 2.45) is 0 Å². The average molecular weight is 236 g/mol. The lowest BCUT2D eigenvalue weighted by atomic mass is 10.4. The summed E-state index contributed by atoms with van der Waals surface area (Å²) in [7, 11) is 0. The highest BCUT2D eigenvalue weighted by molar-refractivity contribution is 5.67. The Morgan fingerprint density at radius 3 is 2.59 bits per heavy atom. The first-order valence-electron chi connectivity index (χ1n) is 5.73. The van der Waals surface area contributed by atoms with E-state index in [0.717, 1.165) is 0 Å². The number of nitrogens with one attached hydrogen (secondary N) is 1. The summed E-state index contributed by atoms with van der Waals surface area (Å²) in [6.45, 7) is 8.14. The Hall–Kier alpha value is -1.85. The molecule has 6 nitrogen and oxygen atoms in total. The van der Waals surface area contributed by atoms with E-state index < -0.39 is 0 Å². The molecule has 2 rings (SSSR count). The molecule has 0 atom stereocenters. The second-order valence-electron chi connectivity index (χ2n) is 4.74. The van der Waals surface area contributed by atoms with Crippen molar-refractivity contribution in [3.8, 4) is 0 Å². The zero-order valence-electron chi connectivity index (χ0n) is 10.6. The fraction of sp³-hybridized carbons (Fsp3) is 0.545. The van der Waals surface area contributed by atoms with Crippen molar-refractivity contribution in [2.45, 2.75) is 39.8 Å². The van der Waals surface area contributed by atoms with Gasteiger partial charge in [-0.1, -0.05) is 4.98 Å². The molecule has 17 heavy (non-hydrogen) atoms. The van der Waals surface area contributed by atoms with E-state index in [-0.39, 0.29) is 23.6 Å². The van der Waals surface area contributed by atoms with Crippen LogP contribution in [0.25, 0.3) is 11.2 Å². The van der Waals surface area contributed by atoms with Crippen molar-refractivity contribution >= 4 is 17.1 Å². The van der Waals surface area contributed by atoms with E-state index >= 15 is 0 Å². The molecular formula is C11H18N5O+. The molecule has 0 aliphatic rings. The maximum Gasteiger partial charge on any atom is 0.311 e. The standard InChI is InChI=1S/C11H17N5O/c1-6(2)15-5-16(7(3)4)9-8(15)10(17)14-11(12)13-9/h5-7H,1-4H3,(H2-,12,13,14,17)/p+1. The molecule has 0 amide bonds. The number of H-pyrrole nitrogens is 1. The van der Waals surface area contributed by atoms with E-state index in [0.29, 0.717) is 11.2 Å². The minimum atomic E-state index is -0.194. The van der Waals surface area contributed by atoms with Gasteiger partial charge in [-0.2, -0.15) is 0 Å². The van der Waals surface area contributed by atoms with Gasteiger partial charge in [-0.15, -0.1) is 0 Å². The van der Waals surface area contributed by atoms with Crippen LogP contribution in [0.2, 0.25) is 0 Å². The normalized spacial score (nSPS) is 11.9. The lowest BCUT2D eigenvalue weighted by molar-refractivity contribution is -0.693. The number of anilines is 1. The van der Waals surface area contributed by atoms with Crippen molar-refractivity contribution in [1.82, 2.24) is 14.5 Å². The first kappa shape index (κ1) is 11.6. The Balaban J connectivity index is 2.91. The summed E-state index contributed by atoms with van der Waals surface area (Å²) >= 11 is 0. The van der Waals surface area contributed by atoms with Crippen LogP contribution in [0.4, 0.5) is 5.95 Å². The van der Waals surface area contributed by atoms with Gasteiger partial charge in [-0.25, -0.2) is 4.57 Å². The van der Waals surface area contributed by atoms with Crippen LogP contribution >= 0.6 is 0 Å². The number of nitrogen functional groups attached to an aromatic ring is 1. The Kier molecular flexibility index (Phi) is 2.65. The zero-order valence-corrected chi connectivity index (χ0v) is 10.6. The number of hydrogen-bond acceptors (Lipinski definition) is 3. The molecule has 0 bridgehead atoms. The van der Waals surface area contributed by atoms with E-state index in [9.17, 15) is 4.79 Å². The number of fused-ring (bicyclic) bond motifs is 1. The minimum absolute atomic E-state index is 0.151. The summed E-state index contributed by atoms with van der Waals surface area (Å²) in [6.07, 6.45) is 1.92. The third-order valence-electron chi connectivity index (χ3n) is 2.76. The molecule has 0 saturated heterocycles. The lowest BCUT2D eigenvalue weighted by Gasteiger charge is -2.01. The monoisotopic (exact) mass is 236 g/mol. The van der Waals surface area contributed by atoms with Crippen LogP contribution < -0.4 is 15.9 Å². The molecule has 0 radical (unpaired) electrons. The molecule has 0 fully saturated rings. The number of aromatic amines is 1. The molecule has 0 spiro atoms. The highest BCUT2D eigenvalue weighted by Gasteiger charge is 2.23. The Bertz CT molecular complexity index is 608. The van der Waals surface area contributed by atoms with E-state index in [4.69, 9.17) is 5.73 Å². The molecule has 0 aliphatic heterocycles. The predicted molar refractivity (Wildman–Crippen MR) is 65.7 cm³/mol. The molecule has 2 aromatic rings. The van der Waals surface area contributed by atoms with Gasteiger partial charge in [-0.05, 0) is 27.7 Å². The van der Waals surface area contributed by atoms with Gasteiger partial charge in [0.1, 0.15) is 0 Å². The fourth-order valence-corrected chi connectivity index (χ4v) is 1.90. The van der Waals surface area contributed by atoms with Crippen LogP contribution in [-0.2, 0) is 0 Å². The summed E-state index contributed by atoms with van der Waals surface area (Å²) in [6, 6.07) is 0.426. The summed E-state index contributed by atoms with van der Waals surface area (Å²) in [5.41, 5.74) is 6.60. The molecule has 2 heterocycles. The van der Waals surface area contributed by atoms with Crippen molar-refractivity contribution in [2.75, 3.05) is 5.73 Å². The molecule has 0 aliphatic carbocycles. The van der Waals surface area contributed by atoms with Crippen LogP contribution in [0.3, 0.4) is 0 Å². The van der Waals surface area contributed by atoms with Crippen LogP contribution in [0.5, 0.6) is 0 Å². The molecular weight excluding hydrogens is 218 g/mol. The van der Waals surface area contributed by atoms with Gasteiger partial charge >= 0.3 is 5.65 Å². The number of nitrogens with zero attached hydrogens (tertiary/aromatic N) is 3. The number of nitrogens with two attached hydrogens (primary N) is 1. The summed E-state index contributed by atoms with van der Waals surface area (Å²) in [5.74, 6) is 0.151. The minimum Gasteiger partial charge on any atom is -0.355 e. The molecule has 6 heteroatoms. The summed E-state index contributed by atoms with van der Waals surface area (Å²) in [5, 5.41) is 0. The van der Waals surface area contributed by atoms with E-state index in [2.05, 4.69) is 9.97 Å². The molecule has 0 unspecified atom stereocenters. The SMILES string of the molecule is CC(C)n1c[n+](C(C)C)c2nc(N)[nH]c(=O)c21. The number of hydrogen-bond donors (Lipinski definition) is 2. The van der Waals surface area contributed by atoms with Gasteiger partial charge in [0.2, 0.25) is 5.52 Å². The van der Waals surface area contributed by atoms with Gasteiger partial charge in [-0.3, -0.25) is 14.3 Å². The van der Waals surface area contributed by atoms with Gasteiger partial charge in [0.15, 0.2) is 6.33 Å². The first-order chi connectivity index (χ1) is 7.91. The molecule has 3 N–H and O–H groups in total. The second kappa shape index (κ2) is 3.87. The summed E-state index contributed by atoms with van der Waals surface area (Å²) < 4.78 is 3.88.